The van der Waals surface area contributed by atoms with Crippen LogP contribution in [-0.4, -0.2) is 41.0 Å². The molecule has 1 fully saturated rings. The first-order valence-corrected chi connectivity index (χ1v) is 17.6. The number of aromatic nitrogens is 2. The summed E-state index contributed by atoms with van der Waals surface area (Å²) in [5.41, 5.74) is 3.78. The Morgan fingerprint density at radius 2 is 1.70 bits per heavy atom. The van der Waals surface area contributed by atoms with Crippen molar-refractivity contribution in [1.29, 1.82) is 0 Å². The van der Waals surface area contributed by atoms with Crippen molar-refractivity contribution in [3.05, 3.63) is 111 Å². The predicted octanol–water partition coefficient (Wildman–Crippen LogP) is 8.07. The third kappa shape index (κ3) is 6.65. The molecule has 0 bridgehead atoms. The maximum atomic E-state index is 14.1. The third-order valence-electron chi connectivity index (χ3n) is 8.91. The Balaban J connectivity index is 1.52. The average Bonchev–Trinajstić information content (AvgIpc) is 3.42. The van der Waals surface area contributed by atoms with E-state index in [1.54, 1.807) is 65.4 Å². The van der Waals surface area contributed by atoms with E-state index in [2.05, 4.69) is 5.32 Å². The molecule has 2 heterocycles. The van der Waals surface area contributed by atoms with Gasteiger partial charge in [0, 0.05) is 29.7 Å². The molecule has 1 saturated carbocycles. The van der Waals surface area contributed by atoms with E-state index in [0.717, 1.165) is 31.2 Å². The smallest absolute Gasteiger partial charge is 0.272 e. The van der Waals surface area contributed by atoms with Gasteiger partial charge in [0.25, 0.3) is 5.91 Å². The maximum absolute atomic E-state index is 14.1. The van der Waals surface area contributed by atoms with Crippen molar-refractivity contribution in [2.75, 3.05) is 6.54 Å². The Labute approximate surface area is 279 Å². The van der Waals surface area contributed by atoms with Crippen LogP contribution in [-0.2, 0) is 16.6 Å². The highest BCUT2D eigenvalue weighted by Crippen LogP contribution is 2.38. The predicted molar refractivity (Wildman–Crippen MR) is 180 cm³/mol. The number of nitrogens with zero attached hydrogens (tertiary/aromatic N) is 3. The fourth-order valence-corrected chi connectivity index (χ4v) is 8.24. The number of halogens is 3. The second-order valence-corrected chi connectivity index (χ2v) is 14.9. The molecule has 46 heavy (non-hydrogen) atoms. The van der Waals surface area contributed by atoms with Gasteiger partial charge in [0.2, 0.25) is 10.0 Å². The second kappa shape index (κ2) is 13.3. The van der Waals surface area contributed by atoms with Crippen LogP contribution in [0.4, 0.5) is 4.39 Å². The first-order chi connectivity index (χ1) is 22.0. The molecule has 2 aliphatic rings. The quantitative estimate of drug-likeness (QED) is 0.214. The second-order valence-electron chi connectivity index (χ2n) is 12.2. The fraction of sp³-hybridized carbons (Fsp3) is 0.314. The highest BCUT2D eigenvalue weighted by atomic mass is 35.5. The number of hydrogen-bond acceptors (Lipinski definition) is 4. The van der Waals surface area contributed by atoms with Gasteiger partial charge in [-0.3, -0.25) is 4.79 Å². The van der Waals surface area contributed by atoms with Gasteiger partial charge in [-0.15, -0.1) is 0 Å². The first-order valence-electron chi connectivity index (χ1n) is 15.4. The van der Waals surface area contributed by atoms with Crippen LogP contribution in [0.5, 0.6) is 0 Å². The van der Waals surface area contributed by atoms with Crippen LogP contribution < -0.4 is 5.32 Å². The minimum absolute atomic E-state index is 0.0168. The fourth-order valence-electron chi connectivity index (χ4n) is 6.37. The summed E-state index contributed by atoms with van der Waals surface area (Å²) in [6, 6.07) is 17.5. The lowest BCUT2D eigenvalue weighted by Crippen LogP contribution is -2.40. The van der Waals surface area contributed by atoms with Crippen molar-refractivity contribution >= 4 is 50.8 Å². The summed E-state index contributed by atoms with van der Waals surface area (Å²) in [5.74, 6) is -0.415. The van der Waals surface area contributed by atoms with Gasteiger partial charge >= 0.3 is 0 Å². The summed E-state index contributed by atoms with van der Waals surface area (Å²) in [4.78, 5) is 14.2. The standard InChI is InChI=1S/C35H35Cl2FN4O3S/c1-22-8-15-29(16-9-22)46(44,45)41-20-26(18-24-10-13-28(38)14-11-24)34-30(21-41)33(35(43)39-23(2)25-6-4-3-5-7-25)40-42(34)32-17-12-27(36)19-31(32)37/h8-19,23,25H,3-7,20-21H2,1-2H3,(H,39,43)/b26-18+. The molecule has 3 aromatic carbocycles. The number of sulfonamides is 1. The zero-order valence-electron chi connectivity index (χ0n) is 25.6. The van der Waals surface area contributed by atoms with Gasteiger partial charge in [0.15, 0.2) is 5.69 Å². The summed E-state index contributed by atoms with van der Waals surface area (Å²) < 4.78 is 44.9. The van der Waals surface area contributed by atoms with E-state index < -0.39 is 10.0 Å². The van der Waals surface area contributed by atoms with E-state index in [1.165, 1.54) is 22.9 Å². The summed E-state index contributed by atoms with van der Waals surface area (Å²) in [5, 5.41) is 8.73. The third-order valence-corrected chi connectivity index (χ3v) is 11.3. The number of carbonyl (C=O) groups excluding carboxylic acids is 1. The van der Waals surface area contributed by atoms with E-state index >= 15 is 0 Å². The Bertz CT molecular complexity index is 1900. The molecule has 0 saturated heterocycles. The normalized spacial score (nSPS) is 17.5. The maximum Gasteiger partial charge on any atom is 0.272 e. The Morgan fingerprint density at radius 3 is 2.37 bits per heavy atom. The number of nitrogens with one attached hydrogen (secondary N) is 1. The number of benzene rings is 3. The number of aryl methyl sites for hydroxylation is 1. The molecule has 1 atom stereocenters. The molecule has 1 aliphatic heterocycles. The number of fused-ring (bicyclic) bond motifs is 1. The van der Waals surface area contributed by atoms with Crippen LogP contribution in [0.15, 0.2) is 71.6 Å². The zero-order chi connectivity index (χ0) is 32.6. The zero-order valence-corrected chi connectivity index (χ0v) is 28.0. The van der Waals surface area contributed by atoms with Crippen LogP contribution >= 0.6 is 23.2 Å². The lowest BCUT2D eigenvalue weighted by atomic mass is 9.84. The summed E-state index contributed by atoms with van der Waals surface area (Å²) >= 11 is 12.9. The van der Waals surface area contributed by atoms with Crippen LogP contribution in [0.25, 0.3) is 17.3 Å². The van der Waals surface area contributed by atoms with Crippen molar-refractivity contribution in [1.82, 2.24) is 19.4 Å². The topological polar surface area (TPSA) is 84.3 Å². The molecular weight excluding hydrogens is 646 g/mol. The molecule has 0 spiro atoms. The van der Waals surface area contributed by atoms with E-state index in [-0.39, 0.29) is 41.4 Å². The Kier molecular flexibility index (Phi) is 9.39. The summed E-state index contributed by atoms with van der Waals surface area (Å²) in [6.45, 7) is 3.80. The van der Waals surface area contributed by atoms with Gasteiger partial charge in [-0.25, -0.2) is 17.5 Å². The van der Waals surface area contributed by atoms with Gasteiger partial charge in [0.05, 0.1) is 21.3 Å². The van der Waals surface area contributed by atoms with Crippen LogP contribution in [0.1, 0.15) is 71.9 Å². The lowest BCUT2D eigenvalue weighted by Gasteiger charge is -2.30. The van der Waals surface area contributed by atoms with Gasteiger partial charge in [-0.05, 0) is 92.3 Å². The number of carbonyl (C=O) groups is 1. The molecule has 0 radical (unpaired) electrons. The number of amides is 1. The Morgan fingerprint density at radius 1 is 1.00 bits per heavy atom. The van der Waals surface area contributed by atoms with Crippen molar-refractivity contribution in [2.45, 2.75) is 63.4 Å². The number of hydrogen-bond donors (Lipinski definition) is 1. The SMILES string of the molecule is Cc1ccc(S(=O)(=O)N2C/C(=C\c3ccc(F)cc3)c3c(c(C(=O)NC(C)C4CCCCC4)nn3-c3ccc(Cl)cc3Cl)C2)cc1. The molecule has 11 heteroatoms. The van der Waals surface area contributed by atoms with Crippen LogP contribution in [0.3, 0.4) is 0 Å². The van der Waals surface area contributed by atoms with Gasteiger partial charge in [-0.1, -0.05) is 72.3 Å². The number of rotatable bonds is 7. The van der Waals surface area contributed by atoms with E-state index in [4.69, 9.17) is 28.3 Å². The molecule has 1 amide bonds. The van der Waals surface area contributed by atoms with E-state index in [0.29, 0.717) is 44.0 Å². The average molecular weight is 682 g/mol. The molecule has 6 rings (SSSR count). The minimum atomic E-state index is -3.98. The highest BCUT2D eigenvalue weighted by Gasteiger charge is 2.38. The molecule has 7 nitrogen and oxygen atoms in total. The molecule has 1 unspecified atom stereocenters. The highest BCUT2D eigenvalue weighted by molar-refractivity contribution is 7.89. The molecule has 1 aromatic heterocycles. The molecule has 1 aliphatic carbocycles. The first kappa shape index (κ1) is 32.4. The van der Waals surface area contributed by atoms with Crippen molar-refractivity contribution < 1.29 is 17.6 Å². The van der Waals surface area contributed by atoms with Crippen molar-refractivity contribution in [3.8, 4) is 5.69 Å². The van der Waals surface area contributed by atoms with Gasteiger partial charge in [-0.2, -0.15) is 9.40 Å². The van der Waals surface area contributed by atoms with Gasteiger partial charge < -0.3 is 5.32 Å². The minimum Gasteiger partial charge on any atom is -0.348 e. The van der Waals surface area contributed by atoms with Crippen LogP contribution in [0.2, 0.25) is 10.0 Å². The van der Waals surface area contributed by atoms with E-state index in [1.807, 2.05) is 13.8 Å². The molecule has 1 N–H and O–H groups in total. The summed E-state index contributed by atoms with van der Waals surface area (Å²) in [7, 11) is -3.98. The monoisotopic (exact) mass is 680 g/mol. The van der Waals surface area contributed by atoms with Crippen LogP contribution in [0, 0.1) is 18.7 Å². The van der Waals surface area contributed by atoms with Crippen molar-refractivity contribution in [3.63, 3.8) is 0 Å². The Hall–Kier alpha value is -3.50. The summed E-state index contributed by atoms with van der Waals surface area (Å²) in [6.07, 6.45) is 7.35. The molecular formula is C35H35Cl2FN4O3S. The van der Waals surface area contributed by atoms with Crippen molar-refractivity contribution in [2.24, 2.45) is 5.92 Å². The van der Waals surface area contributed by atoms with E-state index in [9.17, 15) is 17.6 Å². The lowest BCUT2D eigenvalue weighted by molar-refractivity contribution is 0.0912. The van der Waals surface area contributed by atoms with Gasteiger partial charge in [0.1, 0.15) is 5.82 Å². The largest absolute Gasteiger partial charge is 0.348 e. The molecule has 4 aromatic rings. The molecule has 240 valence electrons.